The van der Waals surface area contributed by atoms with Crippen molar-refractivity contribution >= 4 is 0 Å². The summed E-state index contributed by atoms with van der Waals surface area (Å²) in [5, 5.41) is 4.29. The van der Waals surface area contributed by atoms with Crippen molar-refractivity contribution in [3.8, 4) is 0 Å². The van der Waals surface area contributed by atoms with Crippen LogP contribution in [0.5, 0.6) is 0 Å². The van der Waals surface area contributed by atoms with Crippen molar-refractivity contribution in [3.05, 3.63) is 18.0 Å². The third kappa shape index (κ3) is 4.11. The Bertz CT molecular complexity index is 313. The number of aromatic nitrogens is 2. The third-order valence-corrected chi connectivity index (χ3v) is 2.91. The van der Waals surface area contributed by atoms with Gasteiger partial charge in [-0.1, -0.05) is 0 Å². The van der Waals surface area contributed by atoms with E-state index >= 15 is 0 Å². The standard InChI is InChI=1S/C12H24N4O/c1-4-16-10-11(9-14-16)12(8-13)15(3)6-7-17-5-2/h9-10,12H,4-8,13H2,1-3H3. The molecule has 2 N–H and O–H groups in total. The van der Waals surface area contributed by atoms with Crippen molar-refractivity contribution in [2.75, 3.05) is 33.4 Å². The molecule has 1 aromatic rings. The molecule has 0 aliphatic rings. The first-order valence-electron chi connectivity index (χ1n) is 6.23. The van der Waals surface area contributed by atoms with E-state index in [1.54, 1.807) is 0 Å². The average Bonchev–Trinajstić information content (AvgIpc) is 2.79. The fourth-order valence-electron chi connectivity index (χ4n) is 1.80. The van der Waals surface area contributed by atoms with Crippen LogP contribution in [0.1, 0.15) is 25.5 Å². The minimum Gasteiger partial charge on any atom is -0.380 e. The smallest absolute Gasteiger partial charge is 0.0593 e. The second kappa shape index (κ2) is 7.42. The Morgan fingerprint density at radius 3 is 2.82 bits per heavy atom. The van der Waals surface area contributed by atoms with Gasteiger partial charge in [0.1, 0.15) is 0 Å². The van der Waals surface area contributed by atoms with Gasteiger partial charge in [0.15, 0.2) is 0 Å². The van der Waals surface area contributed by atoms with Crippen LogP contribution in [-0.2, 0) is 11.3 Å². The zero-order valence-electron chi connectivity index (χ0n) is 11.1. The van der Waals surface area contributed by atoms with Gasteiger partial charge in [-0.05, 0) is 20.9 Å². The summed E-state index contributed by atoms with van der Waals surface area (Å²) >= 11 is 0. The Kier molecular flexibility index (Phi) is 6.18. The number of nitrogens with zero attached hydrogens (tertiary/aromatic N) is 3. The highest BCUT2D eigenvalue weighted by molar-refractivity contribution is 5.11. The zero-order chi connectivity index (χ0) is 12.7. The topological polar surface area (TPSA) is 56.3 Å². The Morgan fingerprint density at radius 1 is 1.53 bits per heavy atom. The van der Waals surface area contributed by atoms with E-state index in [-0.39, 0.29) is 6.04 Å². The van der Waals surface area contributed by atoms with Gasteiger partial charge in [0, 0.05) is 44.0 Å². The molecule has 1 rings (SSSR count). The summed E-state index contributed by atoms with van der Waals surface area (Å²) in [5.41, 5.74) is 7.02. The molecule has 5 nitrogen and oxygen atoms in total. The molecule has 1 unspecified atom stereocenters. The van der Waals surface area contributed by atoms with Crippen LogP contribution in [0.25, 0.3) is 0 Å². The molecule has 0 bridgehead atoms. The Balaban J connectivity index is 2.56. The molecule has 0 fully saturated rings. The first-order valence-corrected chi connectivity index (χ1v) is 6.23. The van der Waals surface area contributed by atoms with Crippen molar-refractivity contribution in [3.63, 3.8) is 0 Å². The molecule has 5 heteroatoms. The normalized spacial score (nSPS) is 13.2. The molecule has 0 aromatic carbocycles. The van der Waals surface area contributed by atoms with E-state index in [1.807, 2.05) is 17.8 Å². The van der Waals surface area contributed by atoms with Crippen LogP contribution >= 0.6 is 0 Å². The predicted octanol–water partition coefficient (Wildman–Crippen LogP) is 0.871. The number of likely N-dealkylation sites (N-methyl/N-ethyl adjacent to an activating group) is 1. The van der Waals surface area contributed by atoms with E-state index in [2.05, 4.69) is 30.2 Å². The molecule has 1 heterocycles. The van der Waals surface area contributed by atoms with E-state index in [1.165, 1.54) is 5.56 Å². The quantitative estimate of drug-likeness (QED) is 0.685. The van der Waals surface area contributed by atoms with E-state index in [0.29, 0.717) is 6.54 Å². The molecule has 0 saturated carbocycles. The highest BCUT2D eigenvalue weighted by atomic mass is 16.5. The second-order valence-electron chi connectivity index (χ2n) is 4.06. The van der Waals surface area contributed by atoms with E-state index < -0.39 is 0 Å². The Labute approximate surface area is 104 Å². The van der Waals surface area contributed by atoms with Crippen LogP contribution < -0.4 is 5.73 Å². The van der Waals surface area contributed by atoms with Gasteiger partial charge in [0.25, 0.3) is 0 Å². The fraction of sp³-hybridized carbons (Fsp3) is 0.750. The number of nitrogens with two attached hydrogens (primary N) is 1. The van der Waals surface area contributed by atoms with Crippen molar-refractivity contribution in [1.29, 1.82) is 0 Å². The largest absolute Gasteiger partial charge is 0.380 e. The Hall–Kier alpha value is -0.910. The van der Waals surface area contributed by atoms with Gasteiger partial charge in [-0.3, -0.25) is 9.58 Å². The first-order chi connectivity index (χ1) is 8.22. The molecule has 1 aromatic heterocycles. The number of rotatable bonds is 8. The minimum absolute atomic E-state index is 0.218. The van der Waals surface area contributed by atoms with E-state index in [4.69, 9.17) is 10.5 Å². The highest BCUT2D eigenvalue weighted by Gasteiger charge is 2.16. The number of hydrogen-bond acceptors (Lipinski definition) is 4. The lowest BCUT2D eigenvalue weighted by Gasteiger charge is -2.25. The van der Waals surface area contributed by atoms with Crippen molar-refractivity contribution < 1.29 is 4.74 Å². The molecule has 17 heavy (non-hydrogen) atoms. The molecule has 0 aliphatic carbocycles. The van der Waals surface area contributed by atoms with Crippen molar-refractivity contribution in [2.45, 2.75) is 26.4 Å². The van der Waals surface area contributed by atoms with E-state index in [0.717, 1.165) is 26.3 Å². The summed E-state index contributed by atoms with van der Waals surface area (Å²) in [6.45, 7) is 7.95. The molecular formula is C12H24N4O. The average molecular weight is 240 g/mol. The predicted molar refractivity (Wildman–Crippen MR) is 68.8 cm³/mol. The summed E-state index contributed by atoms with van der Waals surface area (Å²) in [7, 11) is 2.07. The monoisotopic (exact) mass is 240 g/mol. The summed E-state index contributed by atoms with van der Waals surface area (Å²) < 4.78 is 7.28. The van der Waals surface area contributed by atoms with Crippen LogP contribution in [0, 0.1) is 0 Å². The molecule has 98 valence electrons. The number of aryl methyl sites for hydroxylation is 1. The van der Waals surface area contributed by atoms with Crippen LogP contribution in [0.15, 0.2) is 12.4 Å². The number of ether oxygens (including phenoxy) is 1. The second-order valence-corrected chi connectivity index (χ2v) is 4.06. The van der Waals surface area contributed by atoms with Crippen LogP contribution in [0.2, 0.25) is 0 Å². The molecule has 1 atom stereocenters. The van der Waals surface area contributed by atoms with Crippen LogP contribution in [-0.4, -0.2) is 48.0 Å². The molecule has 0 radical (unpaired) electrons. The van der Waals surface area contributed by atoms with Gasteiger partial charge in [0.2, 0.25) is 0 Å². The number of hydrogen-bond donors (Lipinski definition) is 1. The summed E-state index contributed by atoms with van der Waals surface area (Å²) in [6, 6.07) is 0.218. The van der Waals surface area contributed by atoms with Crippen molar-refractivity contribution in [1.82, 2.24) is 14.7 Å². The maximum absolute atomic E-state index is 5.84. The Morgan fingerprint density at radius 2 is 2.29 bits per heavy atom. The maximum atomic E-state index is 5.84. The van der Waals surface area contributed by atoms with Gasteiger partial charge in [-0.2, -0.15) is 5.10 Å². The molecular weight excluding hydrogens is 216 g/mol. The summed E-state index contributed by atoms with van der Waals surface area (Å²) in [6.07, 6.45) is 3.97. The van der Waals surface area contributed by atoms with Crippen molar-refractivity contribution in [2.24, 2.45) is 5.73 Å². The van der Waals surface area contributed by atoms with E-state index in [9.17, 15) is 0 Å². The third-order valence-electron chi connectivity index (χ3n) is 2.91. The molecule has 0 amide bonds. The van der Waals surface area contributed by atoms with Gasteiger partial charge >= 0.3 is 0 Å². The van der Waals surface area contributed by atoms with Gasteiger partial charge < -0.3 is 10.5 Å². The molecule has 0 saturated heterocycles. The SMILES string of the molecule is CCOCCN(C)C(CN)c1cnn(CC)c1. The zero-order valence-corrected chi connectivity index (χ0v) is 11.1. The molecule has 0 aliphatic heterocycles. The van der Waals surface area contributed by atoms with Gasteiger partial charge in [0.05, 0.1) is 12.8 Å². The van der Waals surface area contributed by atoms with Gasteiger partial charge in [-0.15, -0.1) is 0 Å². The lowest BCUT2D eigenvalue weighted by atomic mass is 10.1. The highest BCUT2D eigenvalue weighted by Crippen LogP contribution is 2.17. The maximum Gasteiger partial charge on any atom is 0.0593 e. The summed E-state index contributed by atoms with van der Waals surface area (Å²) in [5.74, 6) is 0. The lowest BCUT2D eigenvalue weighted by molar-refractivity contribution is 0.108. The van der Waals surface area contributed by atoms with Crippen LogP contribution in [0.3, 0.4) is 0 Å². The minimum atomic E-state index is 0.218. The first kappa shape index (κ1) is 14.2. The summed E-state index contributed by atoms with van der Waals surface area (Å²) in [4.78, 5) is 2.21. The fourth-order valence-corrected chi connectivity index (χ4v) is 1.80. The lowest BCUT2D eigenvalue weighted by Crippen LogP contribution is -2.32. The molecule has 0 spiro atoms. The van der Waals surface area contributed by atoms with Crippen LogP contribution in [0.4, 0.5) is 0 Å². The van der Waals surface area contributed by atoms with Gasteiger partial charge in [-0.25, -0.2) is 0 Å².